The normalized spacial score (nSPS) is 10.5. The highest BCUT2D eigenvalue weighted by molar-refractivity contribution is 7.13. The lowest BCUT2D eigenvalue weighted by Gasteiger charge is -1.99. The zero-order valence-corrected chi connectivity index (χ0v) is 12.3. The lowest BCUT2D eigenvalue weighted by atomic mass is 10.3. The number of thiazole rings is 1. The summed E-state index contributed by atoms with van der Waals surface area (Å²) >= 11 is 1.44. The smallest absolute Gasteiger partial charge is 0.311 e. The molecule has 0 saturated heterocycles. The van der Waals surface area contributed by atoms with Crippen LogP contribution in [0.25, 0.3) is 0 Å². The van der Waals surface area contributed by atoms with Gasteiger partial charge in [-0.05, 0) is 6.92 Å². The summed E-state index contributed by atoms with van der Waals surface area (Å²) in [5, 5.41) is 5.70. The van der Waals surface area contributed by atoms with Gasteiger partial charge >= 0.3 is 5.97 Å². The predicted molar refractivity (Wildman–Crippen MR) is 75.7 cm³/mol. The number of carbonyl (C=O) groups excluding carboxylic acids is 1. The van der Waals surface area contributed by atoms with Crippen LogP contribution < -0.4 is 5.32 Å². The molecule has 0 unspecified atom stereocenters. The molecule has 2 heterocycles. The minimum atomic E-state index is -0.260. The molecule has 0 aliphatic heterocycles. The molecule has 0 aliphatic rings. The molecule has 2 aromatic heterocycles. The van der Waals surface area contributed by atoms with E-state index >= 15 is 0 Å². The summed E-state index contributed by atoms with van der Waals surface area (Å²) in [6, 6.07) is 0. The van der Waals surface area contributed by atoms with Crippen LogP contribution in [0.5, 0.6) is 0 Å². The van der Waals surface area contributed by atoms with E-state index in [1.165, 1.54) is 11.3 Å². The molecule has 0 bridgehead atoms. The summed E-state index contributed by atoms with van der Waals surface area (Å²) in [5.41, 5.74) is 0.706. The second kappa shape index (κ2) is 7.04. The van der Waals surface area contributed by atoms with Gasteiger partial charge in [-0.15, -0.1) is 11.3 Å². The van der Waals surface area contributed by atoms with E-state index in [-0.39, 0.29) is 12.4 Å². The first-order chi connectivity index (χ1) is 9.71. The first-order valence-electron chi connectivity index (χ1n) is 6.48. The standard InChI is InChI=1S/C13H17N3O3S/c1-3-10-6-14-11(19-10)7-15-13-16-9(8-20-13)5-12(17)18-4-2/h6,8H,3-5,7H2,1-2H3,(H,15,16). The third-order valence-electron chi connectivity index (χ3n) is 2.52. The van der Waals surface area contributed by atoms with Crippen LogP contribution in [0.15, 0.2) is 16.0 Å². The van der Waals surface area contributed by atoms with Crippen molar-refractivity contribution in [3.8, 4) is 0 Å². The van der Waals surface area contributed by atoms with Crippen molar-refractivity contribution in [2.45, 2.75) is 33.2 Å². The first kappa shape index (κ1) is 14.5. The van der Waals surface area contributed by atoms with Gasteiger partial charge in [0.2, 0.25) is 5.89 Å². The molecule has 6 nitrogen and oxygen atoms in total. The Bertz CT molecular complexity index is 565. The largest absolute Gasteiger partial charge is 0.466 e. The summed E-state index contributed by atoms with van der Waals surface area (Å²) in [4.78, 5) is 19.8. The Balaban J connectivity index is 1.84. The van der Waals surface area contributed by atoms with Crippen molar-refractivity contribution in [1.82, 2.24) is 9.97 Å². The number of anilines is 1. The fraction of sp³-hybridized carbons (Fsp3) is 0.462. The molecule has 1 N–H and O–H groups in total. The molecule has 108 valence electrons. The van der Waals surface area contributed by atoms with Crippen LogP contribution in [-0.2, 0) is 28.9 Å². The van der Waals surface area contributed by atoms with Crippen LogP contribution in [0.2, 0.25) is 0 Å². The van der Waals surface area contributed by atoms with Gasteiger partial charge in [0.1, 0.15) is 5.76 Å². The molecule has 0 aliphatic carbocycles. The fourth-order valence-electron chi connectivity index (χ4n) is 1.57. The van der Waals surface area contributed by atoms with Crippen molar-refractivity contribution in [2.75, 3.05) is 11.9 Å². The van der Waals surface area contributed by atoms with E-state index in [4.69, 9.17) is 9.15 Å². The molecule has 7 heteroatoms. The molecule has 2 rings (SSSR count). The van der Waals surface area contributed by atoms with Gasteiger partial charge in [-0.1, -0.05) is 6.92 Å². The fourth-order valence-corrected chi connectivity index (χ4v) is 2.28. The molecule has 2 aromatic rings. The van der Waals surface area contributed by atoms with Crippen molar-refractivity contribution >= 4 is 22.4 Å². The number of ether oxygens (including phenoxy) is 1. The van der Waals surface area contributed by atoms with E-state index in [9.17, 15) is 4.79 Å². The van der Waals surface area contributed by atoms with E-state index in [0.29, 0.717) is 24.7 Å². The number of esters is 1. The van der Waals surface area contributed by atoms with Crippen LogP contribution in [0.3, 0.4) is 0 Å². The molecular formula is C13H17N3O3S. The molecule has 0 spiro atoms. The van der Waals surface area contributed by atoms with E-state index in [2.05, 4.69) is 15.3 Å². The van der Waals surface area contributed by atoms with Crippen molar-refractivity contribution in [3.05, 3.63) is 28.9 Å². The van der Waals surface area contributed by atoms with Gasteiger partial charge in [-0.3, -0.25) is 4.79 Å². The number of aryl methyl sites for hydroxylation is 1. The first-order valence-corrected chi connectivity index (χ1v) is 7.36. The molecule has 20 heavy (non-hydrogen) atoms. The molecule has 0 fully saturated rings. The summed E-state index contributed by atoms with van der Waals surface area (Å²) < 4.78 is 10.4. The predicted octanol–water partition coefficient (Wildman–Crippen LogP) is 2.41. The topological polar surface area (TPSA) is 77.2 Å². The van der Waals surface area contributed by atoms with Crippen LogP contribution in [0.1, 0.15) is 31.2 Å². The van der Waals surface area contributed by atoms with Crippen molar-refractivity contribution < 1.29 is 13.9 Å². The average molecular weight is 295 g/mol. The maximum absolute atomic E-state index is 11.3. The average Bonchev–Trinajstić information content (AvgIpc) is 3.05. The number of nitrogens with one attached hydrogen (secondary N) is 1. The van der Waals surface area contributed by atoms with Crippen LogP contribution in [0, 0.1) is 0 Å². The second-order valence-corrected chi connectivity index (χ2v) is 4.91. The number of rotatable bonds is 7. The third kappa shape index (κ3) is 4.06. The summed E-state index contributed by atoms with van der Waals surface area (Å²) in [7, 11) is 0. The highest BCUT2D eigenvalue weighted by Gasteiger charge is 2.09. The van der Waals surface area contributed by atoms with E-state index in [1.807, 2.05) is 12.3 Å². The minimum Gasteiger partial charge on any atom is -0.466 e. The Labute approximate surface area is 121 Å². The quantitative estimate of drug-likeness (QED) is 0.790. The number of carbonyl (C=O) groups is 1. The Kier molecular flexibility index (Phi) is 5.11. The lowest BCUT2D eigenvalue weighted by Crippen LogP contribution is -2.07. The molecule has 0 saturated carbocycles. The van der Waals surface area contributed by atoms with Crippen molar-refractivity contribution in [3.63, 3.8) is 0 Å². The highest BCUT2D eigenvalue weighted by Crippen LogP contribution is 2.17. The highest BCUT2D eigenvalue weighted by atomic mass is 32.1. The van der Waals surface area contributed by atoms with Gasteiger partial charge in [0.15, 0.2) is 5.13 Å². The SMILES string of the molecule is CCOC(=O)Cc1csc(NCc2ncc(CC)o2)n1. The van der Waals surface area contributed by atoms with E-state index in [0.717, 1.165) is 17.3 Å². The molecule has 0 radical (unpaired) electrons. The molecule has 0 aromatic carbocycles. The summed E-state index contributed by atoms with van der Waals surface area (Å²) in [6.45, 7) is 4.66. The number of oxazole rings is 1. The third-order valence-corrected chi connectivity index (χ3v) is 3.37. The zero-order valence-electron chi connectivity index (χ0n) is 11.5. The molecule has 0 atom stereocenters. The van der Waals surface area contributed by atoms with Gasteiger partial charge < -0.3 is 14.5 Å². The van der Waals surface area contributed by atoms with E-state index in [1.54, 1.807) is 13.1 Å². The van der Waals surface area contributed by atoms with Gasteiger partial charge in [0, 0.05) is 11.8 Å². The summed E-state index contributed by atoms with van der Waals surface area (Å²) in [6.07, 6.45) is 2.75. The Hall–Kier alpha value is -1.89. The molecule has 0 amide bonds. The molecular weight excluding hydrogens is 278 g/mol. The maximum Gasteiger partial charge on any atom is 0.311 e. The van der Waals surface area contributed by atoms with Gasteiger partial charge in [-0.25, -0.2) is 9.97 Å². The monoisotopic (exact) mass is 295 g/mol. The number of nitrogens with zero attached hydrogens (tertiary/aromatic N) is 2. The Morgan fingerprint density at radius 1 is 1.50 bits per heavy atom. The van der Waals surface area contributed by atoms with Gasteiger partial charge in [0.25, 0.3) is 0 Å². The number of hydrogen-bond acceptors (Lipinski definition) is 7. The number of hydrogen-bond donors (Lipinski definition) is 1. The van der Waals surface area contributed by atoms with Crippen LogP contribution >= 0.6 is 11.3 Å². The minimum absolute atomic E-state index is 0.199. The van der Waals surface area contributed by atoms with Crippen LogP contribution in [-0.4, -0.2) is 22.5 Å². The van der Waals surface area contributed by atoms with Crippen LogP contribution in [0.4, 0.5) is 5.13 Å². The Morgan fingerprint density at radius 2 is 2.35 bits per heavy atom. The Morgan fingerprint density at radius 3 is 3.05 bits per heavy atom. The summed E-state index contributed by atoms with van der Waals surface area (Å²) in [5.74, 6) is 1.23. The number of aromatic nitrogens is 2. The van der Waals surface area contributed by atoms with Crippen molar-refractivity contribution in [1.29, 1.82) is 0 Å². The van der Waals surface area contributed by atoms with Gasteiger partial charge in [0.05, 0.1) is 31.5 Å². The van der Waals surface area contributed by atoms with Gasteiger partial charge in [-0.2, -0.15) is 0 Å². The van der Waals surface area contributed by atoms with E-state index < -0.39 is 0 Å². The zero-order chi connectivity index (χ0) is 14.4. The second-order valence-electron chi connectivity index (χ2n) is 4.05. The maximum atomic E-state index is 11.3. The van der Waals surface area contributed by atoms with Crippen molar-refractivity contribution in [2.24, 2.45) is 0 Å². The lowest BCUT2D eigenvalue weighted by molar-refractivity contribution is -0.142.